The van der Waals surface area contributed by atoms with E-state index >= 15 is 0 Å². The molecule has 2 fully saturated rings. The number of aryl methyl sites for hydroxylation is 1. The second-order valence-corrected chi connectivity index (χ2v) is 6.82. The zero-order valence-corrected chi connectivity index (χ0v) is 11.6. The molecule has 0 aromatic heterocycles. The highest BCUT2D eigenvalue weighted by Crippen LogP contribution is 2.49. The number of anilines is 1. The molecular weight excluding hydrogens is 242 g/mol. The number of rotatable bonds is 1. The van der Waals surface area contributed by atoms with E-state index in [0.29, 0.717) is 11.7 Å². The van der Waals surface area contributed by atoms with E-state index in [9.17, 15) is 4.79 Å². The molecule has 0 N–H and O–H groups in total. The van der Waals surface area contributed by atoms with E-state index in [2.05, 4.69) is 36.1 Å². The average molecular weight is 261 g/mol. The Morgan fingerprint density at radius 1 is 1.11 bits per heavy atom. The first-order valence-corrected chi connectivity index (χ1v) is 7.57. The van der Waals surface area contributed by atoms with Crippen molar-refractivity contribution in [3.05, 3.63) is 29.8 Å². The summed E-state index contributed by atoms with van der Waals surface area (Å²) in [6.07, 6.45) is 6.12. The van der Waals surface area contributed by atoms with Gasteiger partial charge in [-0.05, 0) is 31.9 Å². The summed E-state index contributed by atoms with van der Waals surface area (Å²) in [6, 6.07) is 8.59. The quantitative estimate of drug-likeness (QED) is 0.768. The van der Waals surface area contributed by atoms with Crippen LogP contribution in [-0.2, 0) is 4.79 Å². The minimum absolute atomic E-state index is 0.0601. The van der Waals surface area contributed by atoms with Crippen molar-refractivity contribution in [2.45, 2.75) is 43.9 Å². The molecule has 18 heavy (non-hydrogen) atoms. The Bertz CT molecular complexity index is 448. The van der Waals surface area contributed by atoms with Crippen LogP contribution < -0.4 is 4.90 Å². The van der Waals surface area contributed by atoms with E-state index in [-0.39, 0.29) is 4.87 Å². The van der Waals surface area contributed by atoms with Gasteiger partial charge in [0.15, 0.2) is 0 Å². The molecule has 1 saturated heterocycles. The molecule has 1 saturated carbocycles. The summed E-state index contributed by atoms with van der Waals surface area (Å²) >= 11 is 1.58. The van der Waals surface area contributed by atoms with Crippen molar-refractivity contribution in [2.24, 2.45) is 0 Å². The van der Waals surface area contributed by atoms with Gasteiger partial charge in [-0.3, -0.25) is 4.79 Å². The summed E-state index contributed by atoms with van der Waals surface area (Å²) in [7, 11) is 0. The summed E-state index contributed by atoms with van der Waals surface area (Å²) in [4.78, 5) is 14.3. The molecule has 1 aromatic rings. The Morgan fingerprint density at radius 3 is 2.44 bits per heavy atom. The summed E-state index contributed by atoms with van der Waals surface area (Å²) < 4.78 is 0. The Balaban J connectivity index is 1.93. The number of hydrogen-bond donors (Lipinski definition) is 0. The Hall–Kier alpha value is -0.960. The van der Waals surface area contributed by atoms with Crippen molar-refractivity contribution in [3.8, 4) is 0 Å². The summed E-state index contributed by atoms with van der Waals surface area (Å²) in [5.74, 6) is 0. The number of hydrogen-bond acceptors (Lipinski definition) is 3. The smallest absolute Gasteiger partial charge is 0.210 e. The van der Waals surface area contributed by atoms with Gasteiger partial charge in [-0.2, -0.15) is 0 Å². The maximum Gasteiger partial charge on any atom is 0.210 e. The van der Waals surface area contributed by atoms with E-state index in [0.717, 1.165) is 12.8 Å². The molecule has 96 valence electrons. The molecule has 1 spiro atoms. The van der Waals surface area contributed by atoms with E-state index < -0.39 is 0 Å². The van der Waals surface area contributed by atoms with Crippen LogP contribution in [0.5, 0.6) is 0 Å². The Morgan fingerprint density at radius 2 is 1.78 bits per heavy atom. The first-order valence-electron chi connectivity index (χ1n) is 6.76. The number of thioether (sulfide) groups is 1. The maximum atomic E-state index is 11.9. The van der Waals surface area contributed by atoms with Crippen LogP contribution in [0.4, 0.5) is 5.69 Å². The third kappa shape index (κ3) is 2.05. The first-order chi connectivity index (χ1) is 8.70. The van der Waals surface area contributed by atoms with Crippen molar-refractivity contribution < 1.29 is 4.79 Å². The molecule has 0 unspecified atom stereocenters. The van der Waals surface area contributed by atoms with Crippen molar-refractivity contribution >= 4 is 22.6 Å². The molecule has 1 heterocycles. The first kappa shape index (κ1) is 12.1. The van der Waals surface area contributed by atoms with Gasteiger partial charge >= 0.3 is 0 Å². The predicted octanol–water partition coefficient (Wildman–Crippen LogP) is 3.74. The molecule has 0 radical (unpaired) electrons. The van der Waals surface area contributed by atoms with E-state index in [1.165, 1.54) is 30.5 Å². The van der Waals surface area contributed by atoms with Crippen LogP contribution in [0.3, 0.4) is 0 Å². The summed E-state index contributed by atoms with van der Waals surface area (Å²) in [5, 5.41) is 0.331. The lowest BCUT2D eigenvalue weighted by molar-refractivity contribution is -0.109. The number of carbonyl (C=O) groups is 1. The maximum absolute atomic E-state index is 11.9. The number of benzene rings is 1. The Kier molecular flexibility index (Phi) is 3.10. The van der Waals surface area contributed by atoms with Gasteiger partial charge in [0.1, 0.15) is 0 Å². The lowest BCUT2D eigenvalue weighted by Gasteiger charge is -2.41. The van der Waals surface area contributed by atoms with Crippen LogP contribution in [0.1, 0.15) is 37.7 Å². The number of carbonyl (C=O) groups excluding carboxylic acids is 1. The third-order valence-corrected chi connectivity index (χ3v) is 5.43. The highest BCUT2D eigenvalue weighted by atomic mass is 32.2. The zero-order valence-electron chi connectivity index (χ0n) is 10.8. The highest BCUT2D eigenvalue weighted by molar-refractivity contribution is 8.15. The van der Waals surface area contributed by atoms with Gasteiger partial charge in [-0.1, -0.05) is 48.7 Å². The predicted molar refractivity (Wildman–Crippen MR) is 76.9 cm³/mol. The monoisotopic (exact) mass is 261 g/mol. The van der Waals surface area contributed by atoms with Gasteiger partial charge in [0.2, 0.25) is 5.12 Å². The van der Waals surface area contributed by atoms with E-state index in [1.807, 2.05) is 0 Å². The minimum atomic E-state index is 0.0601. The molecule has 0 atom stereocenters. The van der Waals surface area contributed by atoms with Gasteiger partial charge in [0, 0.05) is 5.69 Å². The molecule has 0 amide bonds. The average Bonchev–Trinajstić information content (AvgIpc) is 2.68. The Labute approximate surface area is 113 Å². The molecule has 3 heteroatoms. The van der Waals surface area contributed by atoms with E-state index in [4.69, 9.17) is 0 Å². The van der Waals surface area contributed by atoms with Gasteiger partial charge in [0.05, 0.1) is 11.4 Å². The second kappa shape index (κ2) is 4.61. The van der Waals surface area contributed by atoms with Crippen LogP contribution in [0, 0.1) is 6.92 Å². The number of nitrogens with zero attached hydrogens (tertiary/aromatic N) is 1. The SMILES string of the molecule is Cc1ccc(N2CC(=O)SC23CCCCC3)cc1. The third-order valence-electron chi connectivity index (χ3n) is 4.06. The zero-order chi connectivity index (χ0) is 12.6. The molecular formula is C15H19NOS. The van der Waals surface area contributed by atoms with E-state index in [1.54, 1.807) is 11.8 Å². The second-order valence-electron chi connectivity index (χ2n) is 5.40. The van der Waals surface area contributed by atoms with Gasteiger partial charge < -0.3 is 4.90 Å². The van der Waals surface area contributed by atoms with Crippen molar-refractivity contribution in [3.63, 3.8) is 0 Å². The normalized spacial score (nSPS) is 22.7. The molecule has 3 rings (SSSR count). The molecule has 2 nitrogen and oxygen atoms in total. The minimum Gasteiger partial charge on any atom is -0.348 e. The lowest BCUT2D eigenvalue weighted by Crippen LogP contribution is -2.43. The fourth-order valence-electron chi connectivity index (χ4n) is 3.10. The van der Waals surface area contributed by atoms with Crippen LogP contribution in [-0.4, -0.2) is 16.5 Å². The van der Waals surface area contributed by atoms with Crippen LogP contribution in [0.15, 0.2) is 24.3 Å². The van der Waals surface area contributed by atoms with Gasteiger partial charge in [-0.25, -0.2) is 0 Å². The van der Waals surface area contributed by atoms with Crippen LogP contribution in [0.25, 0.3) is 0 Å². The molecule has 1 aliphatic carbocycles. The van der Waals surface area contributed by atoms with Gasteiger partial charge in [-0.15, -0.1) is 0 Å². The van der Waals surface area contributed by atoms with Crippen molar-refractivity contribution in [1.82, 2.24) is 0 Å². The van der Waals surface area contributed by atoms with Crippen LogP contribution >= 0.6 is 11.8 Å². The van der Waals surface area contributed by atoms with Crippen molar-refractivity contribution in [1.29, 1.82) is 0 Å². The van der Waals surface area contributed by atoms with Gasteiger partial charge in [0.25, 0.3) is 0 Å². The molecule has 0 bridgehead atoms. The topological polar surface area (TPSA) is 20.3 Å². The molecule has 2 aliphatic rings. The fraction of sp³-hybridized carbons (Fsp3) is 0.533. The van der Waals surface area contributed by atoms with Crippen molar-refractivity contribution in [2.75, 3.05) is 11.4 Å². The highest BCUT2D eigenvalue weighted by Gasteiger charge is 2.46. The molecule has 1 aliphatic heterocycles. The standard InChI is InChI=1S/C15H19NOS/c1-12-5-7-13(8-6-12)16-11-14(17)18-15(16)9-3-2-4-10-15/h5-8H,2-4,9-11H2,1H3. The lowest BCUT2D eigenvalue weighted by atomic mass is 9.93. The largest absolute Gasteiger partial charge is 0.348 e. The molecule has 1 aromatic carbocycles. The summed E-state index contributed by atoms with van der Waals surface area (Å²) in [5.41, 5.74) is 2.48. The van der Waals surface area contributed by atoms with Crippen LogP contribution in [0.2, 0.25) is 0 Å². The fourth-order valence-corrected chi connectivity index (χ4v) is 4.49. The summed E-state index contributed by atoms with van der Waals surface area (Å²) in [6.45, 7) is 2.68.